The summed E-state index contributed by atoms with van der Waals surface area (Å²) in [5.41, 5.74) is 3.05. The van der Waals surface area contributed by atoms with Gasteiger partial charge in [0.25, 0.3) is 0 Å². The number of hydrogen-bond donors (Lipinski definition) is 2. The van der Waals surface area contributed by atoms with Crippen molar-refractivity contribution in [3.05, 3.63) is 34.9 Å². The van der Waals surface area contributed by atoms with E-state index in [4.69, 9.17) is 0 Å². The zero-order valence-electron chi connectivity index (χ0n) is 19.2. The van der Waals surface area contributed by atoms with Gasteiger partial charge in [0, 0.05) is 11.5 Å². The average Bonchev–Trinajstić information content (AvgIpc) is 2.62. The summed E-state index contributed by atoms with van der Waals surface area (Å²) in [5.74, 6) is 0.632. The zero-order valence-corrected chi connectivity index (χ0v) is 19.2. The first-order valence-corrected chi connectivity index (χ1v) is 11.0. The van der Waals surface area contributed by atoms with Gasteiger partial charge in [-0.25, -0.2) is 0 Å². The van der Waals surface area contributed by atoms with Gasteiger partial charge in [-0.15, -0.1) is 0 Å². The maximum atomic E-state index is 10.5. The lowest BCUT2D eigenvalue weighted by Crippen LogP contribution is -2.17. The largest absolute Gasteiger partial charge is 0.507 e. The van der Waals surface area contributed by atoms with Crippen molar-refractivity contribution in [2.75, 3.05) is 0 Å². The number of unbranched alkanes of at least 4 members (excludes halogenated alkanes) is 1. The van der Waals surface area contributed by atoms with E-state index in [9.17, 15) is 10.2 Å². The van der Waals surface area contributed by atoms with Crippen LogP contribution in [0.1, 0.15) is 117 Å². The second kappa shape index (κ2) is 12.9. The fourth-order valence-electron chi connectivity index (χ4n) is 3.50. The lowest BCUT2D eigenvalue weighted by Gasteiger charge is -2.28. The topological polar surface area (TPSA) is 40.5 Å². The molecule has 0 heterocycles. The Hall–Kier alpha value is -1.44. The molecule has 1 aromatic carbocycles. The van der Waals surface area contributed by atoms with Crippen LogP contribution in [0.4, 0.5) is 0 Å². The van der Waals surface area contributed by atoms with Gasteiger partial charge in [0.05, 0.1) is 0 Å². The van der Waals surface area contributed by atoms with Gasteiger partial charge in [-0.3, -0.25) is 0 Å². The first kappa shape index (κ1) is 25.6. The van der Waals surface area contributed by atoms with Gasteiger partial charge in [0.1, 0.15) is 11.5 Å². The van der Waals surface area contributed by atoms with E-state index in [1.54, 1.807) is 0 Å². The lowest BCUT2D eigenvalue weighted by atomic mass is 9.78. The quantitative estimate of drug-likeness (QED) is 0.508. The number of allylic oxidation sites excluding steroid dienone is 2. The summed E-state index contributed by atoms with van der Waals surface area (Å²) >= 11 is 0. The minimum Gasteiger partial charge on any atom is -0.507 e. The molecule has 0 spiro atoms. The monoisotopic (exact) mass is 376 g/mol. The van der Waals surface area contributed by atoms with Crippen LogP contribution in [-0.4, -0.2) is 10.2 Å². The summed E-state index contributed by atoms with van der Waals surface area (Å²) in [6.45, 7) is 16.9. The molecule has 0 aliphatic heterocycles. The van der Waals surface area contributed by atoms with Crippen LogP contribution in [0.3, 0.4) is 0 Å². The molecule has 0 fully saturated rings. The van der Waals surface area contributed by atoms with Gasteiger partial charge in [-0.1, -0.05) is 79.4 Å². The lowest BCUT2D eigenvalue weighted by molar-refractivity contribution is 0.414. The van der Waals surface area contributed by atoms with E-state index in [0.717, 1.165) is 44.1 Å². The van der Waals surface area contributed by atoms with Crippen molar-refractivity contribution in [3.63, 3.8) is 0 Å². The van der Waals surface area contributed by atoms with Crippen LogP contribution in [0.5, 0.6) is 11.5 Å². The van der Waals surface area contributed by atoms with Crippen molar-refractivity contribution in [3.8, 4) is 11.5 Å². The molecule has 2 nitrogen and oxygen atoms in total. The molecule has 2 heteroatoms. The molecule has 0 bridgehead atoms. The standard InChI is InChI=1S/C20H30O2.C3H8.C2H6/c1-5-6-10-20(3,4)16-12-17(21)19(18(22)13-16)15-9-7-8-14(2)11-15;1-3-2;1-2/h11-13,15,21-22H,5-10H2,1-4H3;3H2,1-2H3;1-2H3. The Balaban J connectivity index is 0.00000123. The molecule has 27 heavy (non-hydrogen) atoms. The van der Waals surface area contributed by atoms with Crippen molar-refractivity contribution in [2.24, 2.45) is 0 Å². The minimum atomic E-state index is -0.0260. The number of phenolic OH excluding ortho intramolecular Hbond substituents is 2. The van der Waals surface area contributed by atoms with E-state index in [0.29, 0.717) is 5.56 Å². The Morgan fingerprint density at radius 3 is 2.00 bits per heavy atom. The summed E-state index contributed by atoms with van der Waals surface area (Å²) in [5, 5.41) is 21.0. The molecular formula is C25H44O2. The van der Waals surface area contributed by atoms with E-state index in [1.165, 1.54) is 12.0 Å². The summed E-state index contributed by atoms with van der Waals surface area (Å²) < 4.78 is 0. The number of aromatic hydroxyl groups is 2. The molecule has 0 aromatic heterocycles. The average molecular weight is 377 g/mol. The van der Waals surface area contributed by atoms with Crippen LogP contribution in [0.25, 0.3) is 0 Å². The zero-order chi connectivity index (χ0) is 21.0. The van der Waals surface area contributed by atoms with Crippen LogP contribution in [0.15, 0.2) is 23.8 Å². The number of benzene rings is 1. The third-order valence-corrected chi connectivity index (χ3v) is 5.02. The summed E-state index contributed by atoms with van der Waals surface area (Å²) in [4.78, 5) is 0. The Morgan fingerprint density at radius 1 is 1.04 bits per heavy atom. The number of phenols is 2. The predicted octanol–water partition coefficient (Wildman–Crippen LogP) is 8.22. The minimum absolute atomic E-state index is 0.0260. The first-order chi connectivity index (χ1) is 12.8. The van der Waals surface area contributed by atoms with Crippen molar-refractivity contribution < 1.29 is 10.2 Å². The molecule has 0 saturated heterocycles. The Kier molecular flexibility index (Phi) is 12.2. The highest BCUT2D eigenvalue weighted by Crippen LogP contribution is 2.43. The number of hydrogen-bond acceptors (Lipinski definition) is 2. The van der Waals surface area contributed by atoms with Gasteiger partial charge in [0.15, 0.2) is 0 Å². The van der Waals surface area contributed by atoms with Gasteiger partial charge < -0.3 is 10.2 Å². The van der Waals surface area contributed by atoms with Crippen LogP contribution in [0.2, 0.25) is 0 Å². The van der Waals surface area contributed by atoms with E-state index >= 15 is 0 Å². The molecule has 1 aromatic rings. The Bertz CT molecular complexity index is 547. The van der Waals surface area contributed by atoms with Crippen molar-refractivity contribution >= 4 is 0 Å². The fourth-order valence-corrected chi connectivity index (χ4v) is 3.50. The maximum absolute atomic E-state index is 10.5. The third-order valence-electron chi connectivity index (χ3n) is 5.02. The molecule has 0 amide bonds. The van der Waals surface area contributed by atoms with Gasteiger partial charge in [-0.05, 0) is 55.7 Å². The molecule has 2 N–H and O–H groups in total. The maximum Gasteiger partial charge on any atom is 0.123 e. The second-order valence-electron chi connectivity index (χ2n) is 8.13. The fraction of sp³-hybridized carbons (Fsp3) is 0.680. The third kappa shape index (κ3) is 7.99. The van der Waals surface area contributed by atoms with Crippen LogP contribution >= 0.6 is 0 Å². The van der Waals surface area contributed by atoms with Crippen LogP contribution < -0.4 is 0 Å². The Morgan fingerprint density at radius 2 is 1.56 bits per heavy atom. The molecular weight excluding hydrogens is 332 g/mol. The van der Waals surface area contributed by atoms with Crippen LogP contribution in [-0.2, 0) is 5.41 Å². The normalized spacial score (nSPS) is 16.4. The van der Waals surface area contributed by atoms with Crippen molar-refractivity contribution in [1.29, 1.82) is 0 Å². The second-order valence-corrected chi connectivity index (χ2v) is 8.13. The predicted molar refractivity (Wildman–Crippen MR) is 120 cm³/mol. The Labute approximate surface area is 168 Å². The van der Waals surface area contributed by atoms with Crippen molar-refractivity contribution in [2.45, 2.75) is 112 Å². The first-order valence-electron chi connectivity index (χ1n) is 11.0. The van der Waals surface area contributed by atoms with E-state index in [2.05, 4.69) is 47.6 Å². The van der Waals surface area contributed by atoms with Crippen LogP contribution in [0, 0.1) is 0 Å². The SMILES string of the molecule is CC.CCC.CCCCC(C)(C)c1cc(O)c(C2C=C(C)CCC2)c(O)c1. The molecule has 1 unspecified atom stereocenters. The summed E-state index contributed by atoms with van der Waals surface area (Å²) in [6, 6.07) is 3.73. The molecule has 156 valence electrons. The summed E-state index contributed by atoms with van der Waals surface area (Å²) in [7, 11) is 0. The summed E-state index contributed by atoms with van der Waals surface area (Å²) in [6.07, 6.45) is 10.1. The van der Waals surface area contributed by atoms with E-state index in [-0.39, 0.29) is 22.8 Å². The highest BCUT2D eigenvalue weighted by Gasteiger charge is 2.26. The van der Waals surface area contributed by atoms with Gasteiger partial charge in [-0.2, -0.15) is 0 Å². The highest BCUT2D eigenvalue weighted by atomic mass is 16.3. The molecule has 2 rings (SSSR count). The molecule has 0 saturated carbocycles. The molecule has 1 aliphatic carbocycles. The highest BCUT2D eigenvalue weighted by molar-refractivity contribution is 5.52. The van der Waals surface area contributed by atoms with Gasteiger partial charge >= 0.3 is 0 Å². The van der Waals surface area contributed by atoms with Crippen molar-refractivity contribution in [1.82, 2.24) is 0 Å². The molecule has 1 atom stereocenters. The van der Waals surface area contributed by atoms with E-state index < -0.39 is 0 Å². The number of rotatable bonds is 5. The molecule has 1 aliphatic rings. The van der Waals surface area contributed by atoms with Gasteiger partial charge in [0.2, 0.25) is 0 Å². The van der Waals surface area contributed by atoms with E-state index in [1.807, 2.05) is 26.0 Å². The molecule has 0 radical (unpaired) electrons. The smallest absolute Gasteiger partial charge is 0.123 e.